The highest BCUT2D eigenvalue weighted by Crippen LogP contribution is 2.23. The Labute approximate surface area is 110 Å². The van der Waals surface area contributed by atoms with Crippen molar-refractivity contribution in [1.29, 1.82) is 0 Å². The number of anilines is 1. The minimum absolute atomic E-state index is 0.0818. The van der Waals surface area contributed by atoms with Crippen LogP contribution in [0.15, 0.2) is 24.3 Å². The van der Waals surface area contributed by atoms with Crippen molar-refractivity contribution in [2.45, 2.75) is 19.9 Å². The summed E-state index contributed by atoms with van der Waals surface area (Å²) in [6, 6.07) is 3.93. The van der Waals surface area contributed by atoms with Gasteiger partial charge >= 0.3 is 0 Å². The number of carbonyl (C=O) groups excluding carboxylic acids is 1. The van der Waals surface area contributed by atoms with E-state index in [2.05, 4.69) is 0 Å². The maximum Gasteiger partial charge on any atom is 0.245 e. The van der Waals surface area contributed by atoms with Gasteiger partial charge in [0.05, 0.1) is 11.4 Å². The van der Waals surface area contributed by atoms with Crippen molar-refractivity contribution in [3.63, 3.8) is 0 Å². The van der Waals surface area contributed by atoms with Crippen molar-refractivity contribution in [2.24, 2.45) is 0 Å². The Balaban J connectivity index is 3.34. The molecule has 0 saturated heterocycles. The second-order valence-corrected chi connectivity index (χ2v) is 6.16. The molecule has 0 fully saturated rings. The topological polar surface area (TPSA) is 54.5 Å². The van der Waals surface area contributed by atoms with E-state index in [0.717, 1.165) is 10.4 Å². The van der Waals surface area contributed by atoms with Crippen LogP contribution in [0.4, 0.5) is 10.1 Å². The van der Waals surface area contributed by atoms with Gasteiger partial charge in [-0.1, -0.05) is 6.07 Å². The molecule has 0 aliphatic heterocycles. The molecule has 0 aromatic heterocycles. The summed E-state index contributed by atoms with van der Waals surface area (Å²) in [5.74, 6) is -0.795. The van der Waals surface area contributed by atoms with Crippen LogP contribution in [-0.2, 0) is 14.8 Å². The maximum atomic E-state index is 13.1. The minimum Gasteiger partial charge on any atom is -0.279 e. The first-order chi connectivity index (χ1) is 8.29. The van der Waals surface area contributed by atoms with Gasteiger partial charge in [0, 0.05) is 0 Å². The smallest absolute Gasteiger partial charge is 0.245 e. The van der Waals surface area contributed by atoms with Crippen LogP contribution in [-0.4, -0.2) is 25.5 Å². The molecule has 1 aromatic carbocycles. The van der Waals surface area contributed by atoms with Gasteiger partial charge in [0.1, 0.15) is 11.9 Å². The summed E-state index contributed by atoms with van der Waals surface area (Å²) in [4.78, 5) is 11.2. The van der Waals surface area contributed by atoms with Crippen LogP contribution in [0.3, 0.4) is 0 Å². The van der Waals surface area contributed by atoms with Gasteiger partial charge < -0.3 is 0 Å². The van der Waals surface area contributed by atoms with Crippen LogP contribution in [0.1, 0.15) is 13.8 Å². The first-order valence-electron chi connectivity index (χ1n) is 5.26. The molecule has 1 aromatic rings. The molecule has 7 heteroatoms. The monoisotopic (exact) mass is 293 g/mol. The number of benzene rings is 1. The molecular formula is C11H13ClFNO3S. The lowest BCUT2D eigenvalue weighted by Crippen LogP contribution is -2.42. The fraction of sp³-hybridized carbons (Fsp3) is 0.364. The average molecular weight is 294 g/mol. The molecule has 0 spiro atoms. The zero-order valence-corrected chi connectivity index (χ0v) is 11.5. The Morgan fingerprint density at radius 2 is 2.11 bits per heavy atom. The lowest BCUT2D eigenvalue weighted by Gasteiger charge is -2.27. The highest BCUT2D eigenvalue weighted by Gasteiger charge is 2.30. The Kier molecular flexibility index (Phi) is 4.70. The molecule has 0 saturated carbocycles. The van der Waals surface area contributed by atoms with Crippen LogP contribution >= 0.6 is 11.6 Å². The molecule has 1 atom stereocenters. The van der Waals surface area contributed by atoms with Gasteiger partial charge in [-0.2, -0.15) is 0 Å². The van der Waals surface area contributed by atoms with Gasteiger partial charge in [0.15, 0.2) is 0 Å². The molecule has 0 N–H and O–H groups in total. The first kappa shape index (κ1) is 14.9. The van der Waals surface area contributed by atoms with Crippen molar-refractivity contribution < 1.29 is 17.6 Å². The molecule has 18 heavy (non-hydrogen) atoms. The largest absolute Gasteiger partial charge is 0.279 e. The Hall–Kier alpha value is -1.14. The fourth-order valence-electron chi connectivity index (χ4n) is 1.47. The van der Waals surface area contributed by atoms with Gasteiger partial charge in [-0.25, -0.2) is 12.8 Å². The predicted octanol–water partition coefficient (Wildman–Crippen LogP) is 2.14. The standard InChI is InChI=1S/C11H13ClFNO3S/c1-3-18(16,17)14(8(2)11(12)15)10-6-4-5-9(13)7-10/h4-8H,3H2,1-2H3. The Bertz CT molecular complexity index is 547. The molecule has 0 amide bonds. The first-order valence-corrected chi connectivity index (χ1v) is 7.25. The number of hydrogen-bond donors (Lipinski definition) is 0. The van der Waals surface area contributed by atoms with Crippen molar-refractivity contribution in [3.05, 3.63) is 30.1 Å². The quantitative estimate of drug-likeness (QED) is 0.782. The van der Waals surface area contributed by atoms with Crippen LogP contribution in [0.5, 0.6) is 0 Å². The highest BCUT2D eigenvalue weighted by atomic mass is 35.5. The summed E-state index contributed by atoms with van der Waals surface area (Å²) in [5.41, 5.74) is 0.0818. The van der Waals surface area contributed by atoms with Crippen LogP contribution in [0.2, 0.25) is 0 Å². The summed E-state index contributed by atoms with van der Waals surface area (Å²) in [6.07, 6.45) is 0. The van der Waals surface area contributed by atoms with E-state index in [1.165, 1.54) is 32.0 Å². The molecule has 4 nitrogen and oxygen atoms in total. The molecule has 100 valence electrons. The van der Waals surface area contributed by atoms with Gasteiger partial charge in [0.2, 0.25) is 15.3 Å². The lowest BCUT2D eigenvalue weighted by atomic mass is 10.3. The summed E-state index contributed by atoms with van der Waals surface area (Å²) < 4.78 is 37.9. The summed E-state index contributed by atoms with van der Waals surface area (Å²) in [6.45, 7) is 2.79. The Morgan fingerprint density at radius 1 is 1.50 bits per heavy atom. The zero-order valence-electron chi connectivity index (χ0n) is 9.93. The van der Waals surface area contributed by atoms with E-state index in [1.54, 1.807) is 0 Å². The summed E-state index contributed by atoms with van der Waals surface area (Å²) in [5, 5.41) is -0.823. The average Bonchev–Trinajstić information content (AvgIpc) is 2.28. The van der Waals surface area contributed by atoms with E-state index in [1.807, 2.05) is 0 Å². The Morgan fingerprint density at radius 3 is 2.56 bits per heavy atom. The molecule has 0 radical (unpaired) electrons. The SMILES string of the molecule is CCS(=O)(=O)N(c1cccc(F)c1)C(C)C(=O)Cl. The number of rotatable bonds is 5. The van der Waals surface area contributed by atoms with E-state index >= 15 is 0 Å². The van der Waals surface area contributed by atoms with Gasteiger partial charge in [-0.05, 0) is 43.6 Å². The van der Waals surface area contributed by atoms with E-state index < -0.39 is 27.1 Å². The molecule has 0 aliphatic rings. The van der Waals surface area contributed by atoms with Gasteiger partial charge in [-0.3, -0.25) is 9.10 Å². The number of carbonyl (C=O) groups is 1. The molecule has 0 aliphatic carbocycles. The van der Waals surface area contributed by atoms with E-state index in [0.29, 0.717) is 0 Å². The van der Waals surface area contributed by atoms with Crippen molar-refractivity contribution in [1.82, 2.24) is 0 Å². The van der Waals surface area contributed by atoms with Gasteiger partial charge in [0.25, 0.3) is 0 Å². The van der Waals surface area contributed by atoms with Crippen LogP contribution in [0, 0.1) is 5.82 Å². The maximum absolute atomic E-state index is 13.1. The van der Waals surface area contributed by atoms with E-state index in [-0.39, 0.29) is 11.4 Å². The van der Waals surface area contributed by atoms with Crippen molar-refractivity contribution in [2.75, 3.05) is 10.1 Å². The third-order valence-electron chi connectivity index (χ3n) is 2.41. The third kappa shape index (κ3) is 3.20. The second kappa shape index (κ2) is 5.67. The minimum atomic E-state index is -3.71. The molecule has 0 heterocycles. The molecule has 0 bridgehead atoms. The number of halogens is 2. The van der Waals surface area contributed by atoms with Crippen LogP contribution < -0.4 is 4.31 Å². The lowest BCUT2D eigenvalue weighted by molar-refractivity contribution is -0.112. The summed E-state index contributed by atoms with van der Waals surface area (Å²) in [7, 11) is -3.71. The van der Waals surface area contributed by atoms with Crippen molar-refractivity contribution >= 4 is 32.6 Å². The number of hydrogen-bond acceptors (Lipinski definition) is 3. The molecule has 1 unspecified atom stereocenters. The molecule has 1 rings (SSSR count). The third-order valence-corrected chi connectivity index (χ3v) is 4.58. The summed E-state index contributed by atoms with van der Waals surface area (Å²) >= 11 is 5.34. The molecular weight excluding hydrogens is 281 g/mol. The normalized spacial score (nSPS) is 13.1. The predicted molar refractivity (Wildman–Crippen MR) is 68.7 cm³/mol. The van der Waals surface area contributed by atoms with Gasteiger partial charge in [-0.15, -0.1) is 0 Å². The zero-order chi connectivity index (χ0) is 13.9. The number of nitrogens with zero attached hydrogens (tertiary/aromatic N) is 1. The number of sulfonamides is 1. The highest BCUT2D eigenvalue weighted by molar-refractivity contribution is 7.92. The fourth-order valence-corrected chi connectivity index (χ4v) is 2.92. The second-order valence-electron chi connectivity index (χ2n) is 3.66. The van der Waals surface area contributed by atoms with Crippen LogP contribution in [0.25, 0.3) is 0 Å². The van der Waals surface area contributed by atoms with E-state index in [9.17, 15) is 17.6 Å². The van der Waals surface area contributed by atoms with E-state index in [4.69, 9.17) is 11.6 Å². The van der Waals surface area contributed by atoms with Crippen molar-refractivity contribution in [3.8, 4) is 0 Å².